The van der Waals surface area contributed by atoms with Crippen molar-refractivity contribution in [2.75, 3.05) is 12.0 Å². The van der Waals surface area contributed by atoms with Gasteiger partial charge in [0.05, 0.1) is 11.7 Å². The molecule has 1 rings (SSSR count). The number of hydrogen-bond acceptors (Lipinski definition) is 4. The highest BCUT2D eigenvalue weighted by Crippen LogP contribution is 2.26. The molecule has 0 aromatic carbocycles. The fraction of sp³-hybridized carbons (Fsp3) is 0.769. The predicted octanol–water partition coefficient (Wildman–Crippen LogP) is 3.94. The molecule has 0 aliphatic carbocycles. The molecule has 0 fully saturated rings. The van der Waals surface area contributed by atoms with Crippen LogP contribution in [0.3, 0.4) is 0 Å². The number of nitrogens with zero attached hydrogens (tertiary/aromatic N) is 1. The molecule has 0 spiro atoms. The summed E-state index contributed by atoms with van der Waals surface area (Å²) in [6, 6.07) is 0.943. The number of hydrogen-bond donors (Lipinski definition) is 1. The zero-order valence-electron chi connectivity index (χ0n) is 11.5. The molecular weight excluding hydrogens is 248 g/mol. The summed E-state index contributed by atoms with van der Waals surface area (Å²) in [6.45, 7) is 8.66. The number of rotatable bonds is 7. The number of aryl methyl sites for hydroxylation is 2. The fourth-order valence-electron chi connectivity index (χ4n) is 1.76. The first-order valence-electron chi connectivity index (χ1n) is 6.23. The second-order valence-electron chi connectivity index (χ2n) is 4.70. The number of thioether (sulfide) groups is 1. The van der Waals surface area contributed by atoms with Gasteiger partial charge in [-0.15, -0.1) is 11.3 Å². The lowest BCUT2D eigenvalue weighted by Crippen LogP contribution is -2.28. The standard InChI is InChI=1S/C13H24N2S2/c1-9(2)14-12(7-6-8-16-5)13-15-10(3)11(4)17-13/h9,12,14H,6-8H2,1-5H3. The van der Waals surface area contributed by atoms with Crippen LogP contribution in [0.25, 0.3) is 0 Å². The topological polar surface area (TPSA) is 24.9 Å². The summed E-state index contributed by atoms with van der Waals surface area (Å²) in [6.07, 6.45) is 4.61. The molecule has 0 aliphatic heterocycles. The van der Waals surface area contributed by atoms with Crippen LogP contribution in [0.2, 0.25) is 0 Å². The molecular formula is C13H24N2S2. The van der Waals surface area contributed by atoms with Gasteiger partial charge in [0.1, 0.15) is 5.01 Å². The Labute approximate surface area is 114 Å². The molecule has 0 radical (unpaired) electrons. The van der Waals surface area contributed by atoms with Crippen molar-refractivity contribution in [2.24, 2.45) is 0 Å². The van der Waals surface area contributed by atoms with Gasteiger partial charge in [0.2, 0.25) is 0 Å². The Bertz CT molecular complexity index is 315. The number of aromatic nitrogens is 1. The summed E-state index contributed by atoms with van der Waals surface area (Å²) in [5, 5.41) is 4.89. The van der Waals surface area contributed by atoms with Crippen LogP contribution >= 0.6 is 23.1 Å². The van der Waals surface area contributed by atoms with Crippen molar-refractivity contribution in [1.29, 1.82) is 0 Å². The van der Waals surface area contributed by atoms with Gasteiger partial charge in [-0.1, -0.05) is 13.8 Å². The molecule has 98 valence electrons. The zero-order valence-corrected chi connectivity index (χ0v) is 13.2. The normalized spacial score (nSPS) is 13.3. The van der Waals surface area contributed by atoms with Crippen LogP contribution in [-0.2, 0) is 0 Å². The van der Waals surface area contributed by atoms with E-state index in [1.165, 1.54) is 34.2 Å². The van der Waals surface area contributed by atoms with E-state index in [4.69, 9.17) is 4.98 Å². The van der Waals surface area contributed by atoms with Gasteiger partial charge in [-0.25, -0.2) is 4.98 Å². The second-order valence-corrected chi connectivity index (χ2v) is 6.92. The molecule has 1 unspecified atom stereocenters. The highest BCUT2D eigenvalue weighted by atomic mass is 32.2. The number of thiazole rings is 1. The Morgan fingerprint density at radius 2 is 2.06 bits per heavy atom. The Kier molecular flexibility index (Phi) is 6.52. The Balaban J connectivity index is 2.67. The van der Waals surface area contributed by atoms with Crippen LogP contribution in [0.4, 0.5) is 0 Å². The smallest absolute Gasteiger partial charge is 0.110 e. The van der Waals surface area contributed by atoms with Crippen LogP contribution in [0.15, 0.2) is 0 Å². The Morgan fingerprint density at radius 1 is 1.35 bits per heavy atom. The highest BCUT2D eigenvalue weighted by Gasteiger charge is 2.16. The minimum atomic E-state index is 0.430. The lowest BCUT2D eigenvalue weighted by Gasteiger charge is -2.19. The molecule has 1 aromatic rings. The molecule has 1 atom stereocenters. The van der Waals surface area contributed by atoms with E-state index < -0.39 is 0 Å². The van der Waals surface area contributed by atoms with E-state index in [-0.39, 0.29) is 0 Å². The summed E-state index contributed by atoms with van der Waals surface area (Å²) in [5.74, 6) is 1.24. The summed E-state index contributed by atoms with van der Waals surface area (Å²) in [5.41, 5.74) is 1.19. The summed E-state index contributed by atoms with van der Waals surface area (Å²) >= 11 is 3.76. The average molecular weight is 272 g/mol. The van der Waals surface area contributed by atoms with Gasteiger partial charge < -0.3 is 5.32 Å². The molecule has 1 aromatic heterocycles. The van der Waals surface area contributed by atoms with Crippen LogP contribution in [0.1, 0.15) is 48.3 Å². The first kappa shape index (κ1) is 15.0. The molecule has 4 heteroatoms. The highest BCUT2D eigenvalue weighted by molar-refractivity contribution is 7.98. The lowest BCUT2D eigenvalue weighted by molar-refractivity contribution is 0.448. The van der Waals surface area contributed by atoms with Crippen molar-refractivity contribution < 1.29 is 0 Å². The molecule has 0 saturated carbocycles. The summed E-state index contributed by atoms with van der Waals surface area (Å²) in [7, 11) is 0. The van der Waals surface area contributed by atoms with E-state index in [0.29, 0.717) is 12.1 Å². The molecule has 1 heterocycles. The van der Waals surface area contributed by atoms with Crippen molar-refractivity contribution in [3.8, 4) is 0 Å². The maximum absolute atomic E-state index is 4.69. The Morgan fingerprint density at radius 3 is 2.53 bits per heavy atom. The van der Waals surface area contributed by atoms with Crippen LogP contribution in [-0.4, -0.2) is 23.0 Å². The SMILES string of the molecule is CSCCCC(NC(C)C)c1nc(C)c(C)s1. The van der Waals surface area contributed by atoms with Gasteiger partial charge in [-0.05, 0) is 38.7 Å². The first-order chi connectivity index (χ1) is 8.04. The molecule has 2 nitrogen and oxygen atoms in total. The van der Waals surface area contributed by atoms with Crippen LogP contribution in [0.5, 0.6) is 0 Å². The quantitative estimate of drug-likeness (QED) is 0.761. The third-order valence-corrected chi connectivity index (χ3v) is 4.60. The molecule has 0 bridgehead atoms. The minimum absolute atomic E-state index is 0.430. The Hall–Kier alpha value is -0.0600. The van der Waals surface area contributed by atoms with E-state index >= 15 is 0 Å². The third-order valence-electron chi connectivity index (χ3n) is 2.72. The largest absolute Gasteiger partial charge is 0.306 e. The number of nitrogens with one attached hydrogen (secondary N) is 1. The van der Waals surface area contributed by atoms with E-state index in [1.54, 1.807) is 0 Å². The van der Waals surface area contributed by atoms with Gasteiger partial charge >= 0.3 is 0 Å². The zero-order chi connectivity index (χ0) is 12.8. The average Bonchev–Trinajstić information content (AvgIpc) is 2.57. The minimum Gasteiger partial charge on any atom is -0.306 e. The molecule has 0 saturated heterocycles. The van der Waals surface area contributed by atoms with Crippen molar-refractivity contribution >= 4 is 23.1 Å². The van der Waals surface area contributed by atoms with Crippen LogP contribution in [0, 0.1) is 13.8 Å². The second kappa shape index (κ2) is 7.39. The van der Waals surface area contributed by atoms with E-state index in [0.717, 1.165) is 0 Å². The maximum atomic E-state index is 4.69. The fourth-order valence-corrected chi connectivity index (χ4v) is 3.23. The van der Waals surface area contributed by atoms with E-state index in [2.05, 4.69) is 39.3 Å². The predicted molar refractivity (Wildman–Crippen MR) is 80.2 cm³/mol. The summed E-state index contributed by atoms with van der Waals surface area (Å²) in [4.78, 5) is 6.04. The van der Waals surface area contributed by atoms with Crippen molar-refractivity contribution in [3.63, 3.8) is 0 Å². The van der Waals surface area contributed by atoms with Crippen molar-refractivity contribution in [3.05, 3.63) is 15.6 Å². The first-order valence-corrected chi connectivity index (χ1v) is 8.44. The van der Waals surface area contributed by atoms with Gasteiger partial charge in [0.15, 0.2) is 0 Å². The van der Waals surface area contributed by atoms with Gasteiger partial charge in [0.25, 0.3) is 0 Å². The lowest BCUT2D eigenvalue weighted by atomic mass is 10.1. The van der Waals surface area contributed by atoms with Gasteiger partial charge in [-0.2, -0.15) is 11.8 Å². The summed E-state index contributed by atoms with van der Waals surface area (Å²) < 4.78 is 0. The van der Waals surface area contributed by atoms with E-state index in [1.807, 2.05) is 23.1 Å². The van der Waals surface area contributed by atoms with Crippen molar-refractivity contribution in [2.45, 2.75) is 52.6 Å². The van der Waals surface area contributed by atoms with Gasteiger partial charge in [0, 0.05) is 10.9 Å². The monoisotopic (exact) mass is 272 g/mol. The maximum Gasteiger partial charge on any atom is 0.110 e. The molecule has 0 amide bonds. The molecule has 0 aliphatic rings. The molecule has 1 N–H and O–H groups in total. The van der Waals surface area contributed by atoms with E-state index in [9.17, 15) is 0 Å². The third kappa shape index (κ3) is 4.98. The van der Waals surface area contributed by atoms with Crippen molar-refractivity contribution in [1.82, 2.24) is 10.3 Å². The van der Waals surface area contributed by atoms with Gasteiger partial charge in [-0.3, -0.25) is 0 Å². The molecule has 17 heavy (non-hydrogen) atoms. The van der Waals surface area contributed by atoms with Crippen LogP contribution < -0.4 is 5.32 Å².